The molecule has 2 aromatic carbocycles. The third kappa shape index (κ3) is 6.48. The van der Waals surface area contributed by atoms with Gasteiger partial charge in [-0.05, 0) is 49.1 Å². The van der Waals surface area contributed by atoms with Crippen LogP contribution < -0.4 is 15.5 Å². The molecule has 30 heavy (non-hydrogen) atoms. The summed E-state index contributed by atoms with van der Waals surface area (Å²) in [6.45, 7) is 7.88. The Morgan fingerprint density at radius 2 is 1.93 bits per heavy atom. The van der Waals surface area contributed by atoms with E-state index in [1.54, 1.807) is 24.3 Å². The third-order valence-corrected chi connectivity index (χ3v) is 4.24. The third-order valence-electron chi connectivity index (χ3n) is 4.24. The Morgan fingerprint density at radius 1 is 1.17 bits per heavy atom. The van der Waals surface area contributed by atoms with Gasteiger partial charge in [0.2, 0.25) is 11.8 Å². The van der Waals surface area contributed by atoms with Gasteiger partial charge in [0, 0.05) is 11.3 Å². The van der Waals surface area contributed by atoms with Crippen LogP contribution >= 0.6 is 0 Å². The lowest BCUT2D eigenvalue weighted by atomic mass is 10.1. The van der Waals surface area contributed by atoms with E-state index in [2.05, 4.69) is 22.4 Å². The molecule has 0 aliphatic carbocycles. The summed E-state index contributed by atoms with van der Waals surface area (Å²) in [7, 11) is 0. The zero-order valence-electron chi connectivity index (χ0n) is 17.3. The summed E-state index contributed by atoms with van der Waals surface area (Å²) < 4.78 is 5.43. The van der Waals surface area contributed by atoms with E-state index in [1.165, 1.54) is 6.21 Å². The molecule has 0 saturated carbocycles. The van der Waals surface area contributed by atoms with Crippen molar-refractivity contribution in [1.29, 1.82) is 0 Å². The normalized spacial score (nSPS) is 10.6. The summed E-state index contributed by atoms with van der Waals surface area (Å²) in [6, 6.07) is 10.8. The van der Waals surface area contributed by atoms with E-state index >= 15 is 0 Å². The standard InChI is InChI=1S/C23H27N3O4/c1-4-9-18-12-16(13-20(23(18)29)30-6-3)15-24-26-22(28)14-21(27)25-19-11-8-7-10-17(19)5-2/h4,7-8,10-13,15,29H,1,5-6,9,14H2,2-3H3,(H,25,27)(H,26,28)/b24-15+. The van der Waals surface area contributed by atoms with Gasteiger partial charge in [-0.25, -0.2) is 5.43 Å². The topological polar surface area (TPSA) is 100 Å². The number of anilines is 1. The average Bonchev–Trinajstić information content (AvgIpc) is 2.72. The summed E-state index contributed by atoms with van der Waals surface area (Å²) in [6.07, 6.45) is 3.98. The van der Waals surface area contributed by atoms with Gasteiger partial charge in [0.05, 0.1) is 12.8 Å². The van der Waals surface area contributed by atoms with Gasteiger partial charge in [-0.15, -0.1) is 6.58 Å². The number of para-hydroxylation sites is 1. The average molecular weight is 409 g/mol. The van der Waals surface area contributed by atoms with Crippen molar-refractivity contribution in [3.63, 3.8) is 0 Å². The van der Waals surface area contributed by atoms with Crippen molar-refractivity contribution in [2.75, 3.05) is 11.9 Å². The summed E-state index contributed by atoms with van der Waals surface area (Å²) in [5, 5.41) is 16.9. The van der Waals surface area contributed by atoms with Crippen molar-refractivity contribution >= 4 is 23.7 Å². The maximum atomic E-state index is 12.1. The Bertz CT molecular complexity index is 938. The molecule has 2 rings (SSSR count). The first-order chi connectivity index (χ1) is 14.5. The van der Waals surface area contributed by atoms with E-state index in [4.69, 9.17) is 4.74 Å². The highest BCUT2D eigenvalue weighted by Gasteiger charge is 2.12. The van der Waals surface area contributed by atoms with Crippen LogP contribution in [0.2, 0.25) is 0 Å². The SMILES string of the molecule is C=CCc1cc(/C=N/NC(=O)CC(=O)Nc2ccccc2CC)cc(OCC)c1O. The lowest BCUT2D eigenvalue weighted by Crippen LogP contribution is -2.25. The molecule has 0 radical (unpaired) electrons. The zero-order chi connectivity index (χ0) is 21.9. The van der Waals surface area contributed by atoms with Gasteiger partial charge in [0.15, 0.2) is 11.5 Å². The van der Waals surface area contributed by atoms with Crippen LogP contribution in [0.15, 0.2) is 54.2 Å². The molecule has 0 bridgehead atoms. The molecule has 0 saturated heterocycles. The number of ether oxygens (including phenoxy) is 1. The van der Waals surface area contributed by atoms with Gasteiger partial charge >= 0.3 is 0 Å². The van der Waals surface area contributed by atoms with E-state index in [-0.39, 0.29) is 12.2 Å². The first-order valence-corrected chi connectivity index (χ1v) is 9.77. The van der Waals surface area contributed by atoms with Crippen LogP contribution in [0.3, 0.4) is 0 Å². The molecule has 2 aromatic rings. The van der Waals surface area contributed by atoms with Gasteiger partial charge in [0.25, 0.3) is 0 Å². The molecule has 0 aromatic heterocycles. The first-order valence-electron chi connectivity index (χ1n) is 9.77. The number of allylic oxidation sites excluding steroid dienone is 1. The number of phenols is 1. The van der Waals surface area contributed by atoms with Gasteiger partial charge < -0.3 is 15.2 Å². The molecule has 0 aliphatic rings. The molecule has 7 heteroatoms. The van der Waals surface area contributed by atoms with E-state index < -0.39 is 11.8 Å². The summed E-state index contributed by atoms with van der Waals surface area (Å²) in [5.41, 5.74) is 5.31. The van der Waals surface area contributed by atoms with Crippen LogP contribution in [0.5, 0.6) is 11.5 Å². The van der Waals surface area contributed by atoms with Crippen LogP contribution in [0.25, 0.3) is 0 Å². The van der Waals surface area contributed by atoms with E-state index in [0.717, 1.165) is 12.0 Å². The van der Waals surface area contributed by atoms with E-state index in [1.807, 2.05) is 32.0 Å². The van der Waals surface area contributed by atoms with Crippen molar-refractivity contribution in [2.24, 2.45) is 5.10 Å². The fraction of sp³-hybridized carbons (Fsp3) is 0.261. The number of nitrogens with one attached hydrogen (secondary N) is 2. The minimum absolute atomic E-state index is 0.0574. The molecule has 0 aliphatic heterocycles. The maximum Gasteiger partial charge on any atom is 0.249 e. The Morgan fingerprint density at radius 3 is 2.63 bits per heavy atom. The van der Waals surface area contributed by atoms with Gasteiger partial charge in [-0.1, -0.05) is 31.2 Å². The molecule has 2 amide bonds. The van der Waals surface area contributed by atoms with E-state index in [0.29, 0.717) is 35.6 Å². The number of carbonyl (C=O) groups is 2. The van der Waals surface area contributed by atoms with Gasteiger partial charge in [0.1, 0.15) is 6.42 Å². The lowest BCUT2D eigenvalue weighted by Gasteiger charge is -2.11. The monoisotopic (exact) mass is 409 g/mol. The van der Waals surface area contributed by atoms with Crippen LogP contribution in [0.4, 0.5) is 5.69 Å². The second-order valence-electron chi connectivity index (χ2n) is 6.48. The molecule has 3 N–H and O–H groups in total. The molecule has 0 atom stereocenters. The minimum atomic E-state index is -0.534. The second kappa shape index (κ2) is 11.4. The van der Waals surface area contributed by atoms with Gasteiger partial charge in [-0.2, -0.15) is 5.10 Å². The Balaban J connectivity index is 1.98. The highest BCUT2D eigenvalue weighted by Crippen LogP contribution is 2.31. The number of phenolic OH excluding ortho intramolecular Hbond substituents is 1. The van der Waals surface area contributed by atoms with E-state index in [9.17, 15) is 14.7 Å². The predicted octanol–water partition coefficient (Wildman–Crippen LogP) is 3.56. The number of hydrogen-bond donors (Lipinski definition) is 3. The van der Waals surface area contributed by atoms with Crippen molar-refractivity contribution in [1.82, 2.24) is 5.43 Å². The summed E-state index contributed by atoms with van der Waals surface area (Å²) >= 11 is 0. The quantitative estimate of drug-likeness (QED) is 0.242. The van der Waals surface area contributed by atoms with Crippen LogP contribution in [-0.2, 0) is 22.4 Å². The highest BCUT2D eigenvalue weighted by atomic mass is 16.5. The molecular formula is C23H27N3O4. The molecule has 0 fully saturated rings. The number of aryl methyl sites for hydroxylation is 1. The number of aromatic hydroxyl groups is 1. The molecule has 0 heterocycles. The molecule has 158 valence electrons. The molecule has 0 unspecified atom stereocenters. The molecular weight excluding hydrogens is 382 g/mol. The number of carbonyl (C=O) groups excluding carboxylic acids is 2. The lowest BCUT2D eigenvalue weighted by molar-refractivity contribution is -0.126. The first kappa shape index (κ1) is 22.7. The van der Waals surface area contributed by atoms with Crippen molar-refractivity contribution < 1.29 is 19.4 Å². The summed E-state index contributed by atoms with van der Waals surface area (Å²) in [5.74, 6) is -0.562. The Hall–Kier alpha value is -3.61. The van der Waals surface area contributed by atoms with Crippen molar-refractivity contribution in [3.05, 3.63) is 65.7 Å². The maximum absolute atomic E-state index is 12.1. The number of amides is 2. The second-order valence-corrected chi connectivity index (χ2v) is 6.48. The van der Waals surface area contributed by atoms with Crippen molar-refractivity contribution in [3.8, 4) is 11.5 Å². The van der Waals surface area contributed by atoms with Crippen LogP contribution in [0, 0.1) is 0 Å². The molecule has 0 spiro atoms. The van der Waals surface area contributed by atoms with Crippen molar-refractivity contribution in [2.45, 2.75) is 33.1 Å². The number of rotatable bonds is 10. The zero-order valence-corrected chi connectivity index (χ0v) is 17.3. The fourth-order valence-electron chi connectivity index (χ4n) is 2.85. The molecule has 7 nitrogen and oxygen atoms in total. The summed E-state index contributed by atoms with van der Waals surface area (Å²) in [4.78, 5) is 24.1. The van der Waals surface area contributed by atoms with Crippen LogP contribution in [0.1, 0.15) is 37.0 Å². The number of hydrogen-bond acceptors (Lipinski definition) is 5. The fourth-order valence-corrected chi connectivity index (χ4v) is 2.85. The highest BCUT2D eigenvalue weighted by molar-refractivity contribution is 6.04. The minimum Gasteiger partial charge on any atom is -0.504 e. The largest absolute Gasteiger partial charge is 0.504 e. The Labute approximate surface area is 176 Å². The number of benzene rings is 2. The predicted molar refractivity (Wildman–Crippen MR) is 118 cm³/mol. The Kier molecular flexibility index (Phi) is 8.62. The number of nitrogens with zero attached hydrogens (tertiary/aromatic N) is 1. The smallest absolute Gasteiger partial charge is 0.249 e. The van der Waals surface area contributed by atoms with Crippen LogP contribution in [-0.4, -0.2) is 29.7 Å². The van der Waals surface area contributed by atoms with Gasteiger partial charge in [-0.3, -0.25) is 9.59 Å². The number of hydrazone groups is 1.